The molecule has 4 aromatic rings. The third-order valence-electron chi connectivity index (χ3n) is 6.21. The first-order chi connectivity index (χ1) is 16.6. The Kier molecular flexibility index (Phi) is 6.27. The van der Waals surface area contributed by atoms with E-state index in [1.807, 2.05) is 70.4 Å². The highest BCUT2D eigenvalue weighted by Gasteiger charge is 2.32. The molecule has 1 unspecified atom stereocenters. The van der Waals surface area contributed by atoms with Crippen LogP contribution in [-0.4, -0.2) is 37.1 Å². The number of carbonyl (C=O) groups excluding carboxylic acids is 1. The third-order valence-corrected chi connectivity index (χ3v) is 6.46. The van der Waals surface area contributed by atoms with Crippen LogP contribution in [0.3, 0.4) is 0 Å². The van der Waals surface area contributed by atoms with Crippen LogP contribution in [0.25, 0.3) is 11.1 Å². The second kappa shape index (κ2) is 9.65. The average Bonchev–Trinajstić information content (AvgIpc) is 3.38. The molecule has 2 aromatic heterocycles. The van der Waals surface area contributed by atoms with Crippen molar-refractivity contribution in [3.63, 3.8) is 0 Å². The van der Waals surface area contributed by atoms with Crippen molar-refractivity contribution in [1.29, 1.82) is 0 Å². The Morgan fingerprint density at radius 3 is 2.71 bits per heavy atom. The summed E-state index contributed by atoms with van der Waals surface area (Å²) in [4.78, 5) is 24.7. The van der Waals surface area contributed by atoms with E-state index in [0.717, 1.165) is 41.6 Å². The Labute approximate surface area is 203 Å². The van der Waals surface area contributed by atoms with Gasteiger partial charge >= 0.3 is 0 Å². The maximum Gasteiger partial charge on any atom is 0.254 e. The summed E-state index contributed by atoms with van der Waals surface area (Å²) in [5, 5.41) is 4.96. The summed E-state index contributed by atoms with van der Waals surface area (Å²) < 4.78 is 1.82. The first-order valence-electron chi connectivity index (χ1n) is 11.3. The van der Waals surface area contributed by atoms with E-state index in [0.29, 0.717) is 23.7 Å². The van der Waals surface area contributed by atoms with Crippen LogP contribution in [0.1, 0.15) is 46.9 Å². The monoisotopic (exact) mass is 472 g/mol. The van der Waals surface area contributed by atoms with Crippen molar-refractivity contribution in [2.45, 2.75) is 31.8 Å². The lowest BCUT2D eigenvalue weighted by Gasteiger charge is -2.36. The molecular formula is C26H25ClN6O. The standard InChI is InChI=1S/C26H25ClN6O/c27-20-11-9-18(10-12-20)22-16-29-26(28)31-24(22)23-8-3-4-15-33(23)25(34)21-7-2-1-6-19(21)17-32-14-5-13-30-32/h1-2,5-7,9-14,16,23H,3-4,8,15,17H2,(H2,28,29,31). The van der Waals surface area contributed by atoms with Gasteiger partial charge in [0.1, 0.15) is 0 Å². The van der Waals surface area contributed by atoms with Gasteiger partial charge in [-0.3, -0.25) is 9.48 Å². The van der Waals surface area contributed by atoms with Gasteiger partial charge in [0.05, 0.1) is 18.3 Å². The van der Waals surface area contributed by atoms with Crippen LogP contribution in [-0.2, 0) is 6.54 Å². The Morgan fingerprint density at radius 2 is 1.91 bits per heavy atom. The predicted molar refractivity (Wildman–Crippen MR) is 132 cm³/mol. The van der Waals surface area contributed by atoms with E-state index in [4.69, 9.17) is 17.3 Å². The Morgan fingerprint density at radius 1 is 1.09 bits per heavy atom. The van der Waals surface area contributed by atoms with Crippen LogP contribution in [0, 0.1) is 0 Å². The first-order valence-corrected chi connectivity index (χ1v) is 11.7. The molecule has 0 spiro atoms. The maximum atomic E-state index is 13.9. The number of piperidine rings is 1. The molecule has 2 aromatic carbocycles. The van der Waals surface area contributed by atoms with Crippen LogP contribution in [0.4, 0.5) is 5.95 Å². The lowest BCUT2D eigenvalue weighted by atomic mass is 9.92. The van der Waals surface area contributed by atoms with E-state index in [2.05, 4.69) is 15.1 Å². The number of nitrogens with zero attached hydrogens (tertiary/aromatic N) is 5. The smallest absolute Gasteiger partial charge is 0.254 e. The fraction of sp³-hybridized carbons (Fsp3) is 0.231. The van der Waals surface area contributed by atoms with Crippen molar-refractivity contribution in [3.05, 3.63) is 95.0 Å². The number of hydrogen-bond donors (Lipinski definition) is 1. The van der Waals surface area contributed by atoms with E-state index in [1.54, 1.807) is 12.4 Å². The van der Waals surface area contributed by atoms with Gasteiger partial charge in [-0.2, -0.15) is 5.10 Å². The number of aromatic nitrogens is 4. The zero-order chi connectivity index (χ0) is 23.5. The number of benzene rings is 2. The molecule has 0 saturated carbocycles. The van der Waals surface area contributed by atoms with Gasteiger partial charge in [0.15, 0.2) is 0 Å². The Bertz CT molecular complexity index is 1290. The quantitative estimate of drug-likeness (QED) is 0.442. The molecule has 1 amide bonds. The Hall–Kier alpha value is -3.71. The van der Waals surface area contributed by atoms with Gasteiger partial charge in [-0.15, -0.1) is 0 Å². The topological polar surface area (TPSA) is 89.9 Å². The van der Waals surface area contributed by atoms with Crippen LogP contribution in [0.15, 0.2) is 73.2 Å². The van der Waals surface area contributed by atoms with Gasteiger partial charge < -0.3 is 10.6 Å². The van der Waals surface area contributed by atoms with Gasteiger partial charge in [0.2, 0.25) is 5.95 Å². The van der Waals surface area contributed by atoms with Gasteiger partial charge in [-0.05, 0) is 54.7 Å². The number of carbonyl (C=O) groups is 1. The number of rotatable bonds is 5. The number of nitrogen functional groups attached to an aromatic ring is 1. The van der Waals surface area contributed by atoms with E-state index in [1.165, 1.54) is 0 Å². The minimum Gasteiger partial charge on any atom is -0.368 e. The van der Waals surface area contributed by atoms with Gasteiger partial charge in [-0.1, -0.05) is 41.9 Å². The van der Waals surface area contributed by atoms with E-state index in [-0.39, 0.29) is 17.9 Å². The molecule has 172 valence electrons. The zero-order valence-electron chi connectivity index (χ0n) is 18.6. The van der Waals surface area contributed by atoms with Crippen molar-refractivity contribution in [3.8, 4) is 11.1 Å². The molecule has 0 radical (unpaired) electrons. The molecule has 3 heterocycles. The third kappa shape index (κ3) is 4.52. The molecule has 0 bridgehead atoms. The summed E-state index contributed by atoms with van der Waals surface area (Å²) in [6.45, 7) is 1.19. The van der Waals surface area contributed by atoms with E-state index in [9.17, 15) is 4.79 Å². The lowest BCUT2D eigenvalue weighted by molar-refractivity contribution is 0.0605. The number of amides is 1. The normalized spacial score (nSPS) is 15.9. The fourth-order valence-electron chi connectivity index (χ4n) is 4.56. The molecule has 1 saturated heterocycles. The molecule has 5 rings (SSSR count). The number of halogens is 1. The zero-order valence-corrected chi connectivity index (χ0v) is 19.4. The first kappa shape index (κ1) is 22.1. The lowest BCUT2D eigenvalue weighted by Crippen LogP contribution is -2.39. The summed E-state index contributed by atoms with van der Waals surface area (Å²) >= 11 is 6.10. The van der Waals surface area contributed by atoms with Crippen molar-refractivity contribution >= 4 is 23.5 Å². The van der Waals surface area contributed by atoms with Gasteiger partial charge in [0.25, 0.3) is 5.91 Å². The average molecular weight is 473 g/mol. The van der Waals surface area contributed by atoms with Crippen molar-refractivity contribution in [2.75, 3.05) is 12.3 Å². The van der Waals surface area contributed by atoms with E-state index < -0.39 is 0 Å². The van der Waals surface area contributed by atoms with Gasteiger partial charge in [-0.25, -0.2) is 9.97 Å². The van der Waals surface area contributed by atoms with E-state index >= 15 is 0 Å². The summed E-state index contributed by atoms with van der Waals surface area (Å²) in [6, 6.07) is 17.0. The molecule has 34 heavy (non-hydrogen) atoms. The number of hydrogen-bond acceptors (Lipinski definition) is 5. The maximum absolute atomic E-state index is 13.9. The highest BCUT2D eigenvalue weighted by atomic mass is 35.5. The van der Waals surface area contributed by atoms with Crippen molar-refractivity contribution in [2.24, 2.45) is 0 Å². The van der Waals surface area contributed by atoms with Crippen LogP contribution in [0.2, 0.25) is 5.02 Å². The van der Waals surface area contributed by atoms with Gasteiger partial charge in [0, 0.05) is 41.3 Å². The van der Waals surface area contributed by atoms with Crippen LogP contribution < -0.4 is 5.73 Å². The molecule has 1 atom stereocenters. The second-order valence-corrected chi connectivity index (χ2v) is 8.84. The summed E-state index contributed by atoms with van der Waals surface area (Å²) in [6.07, 6.45) is 8.14. The minimum atomic E-state index is -0.199. The van der Waals surface area contributed by atoms with Crippen LogP contribution >= 0.6 is 11.6 Å². The van der Waals surface area contributed by atoms with Crippen molar-refractivity contribution < 1.29 is 4.79 Å². The fourth-order valence-corrected chi connectivity index (χ4v) is 4.69. The predicted octanol–water partition coefficient (Wildman–Crippen LogP) is 4.99. The molecule has 1 aliphatic rings. The minimum absolute atomic E-state index is 0.00769. The highest BCUT2D eigenvalue weighted by molar-refractivity contribution is 6.30. The number of anilines is 1. The molecule has 1 aliphatic heterocycles. The molecule has 8 heteroatoms. The molecule has 0 aliphatic carbocycles. The largest absolute Gasteiger partial charge is 0.368 e. The number of nitrogens with two attached hydrogens (primary N) is 1. The number of likely N-dealkylation sites (tertiary alicyclic amines) is 1. The van der Waals surface area contributed by atoms with Crippen molar-refractivity contribution in [1.82, 2.24) is 24.6 Å². The molecule has 1 fully saturated rings. The molecule has 2 N–H and O–H groups in total. The SMILES string of the molecule is Nc1ncc(-c2ccc(Cl)cc2)c(C2CCCCN2C(=O)c2ccccc2Cn2cccn2)n1. The summed E-state index contributed by atoms with van der Waals surface area (Å²) in [5.74, 6) is 0.191. The molecule has 7 nitrogen and oxygen atoms in total. The highest BCUT2D eigenvalue weighted by Crippen LogP contribution is 2.37. The van der Waals surface area contributed by atoms with Crippen LogP contribution in [0.5, 0.6) is 0 Å². The molecular weight excluding hydrogens is 448 g/mol. The second-order valence-electron chi connectivity index (χ2n) is 8.40. The Balaban J connectivity index is 1.53. The summed E-state index contributed by atoms with van der Waals surface area (Å²) in [7, 11) is 0. The summed E-state index contributed by atoms with van der Waals surface area (Å²) in [5.41, 5.74) is 10.2.